The summed E-state index contributed by atoms with van der Waals surface area (Å²) >= 11 is 0. The predicted octanol–water partition coefficient (Wildman–Crippen LogP) is 3.72. The van der Waals surface area contributed by atoms with E-state index in [9.17, 15) is 9.90 Å². The molecule has 130 valence electrons. The molecule has 24 heavy (non-hydrogen) atoms. The van der Waals surface area contributed by atoms with Crippen molar-refractivity contribution in [3.63, 3.8) is 0 Å². The van der Waals surface area contributed by atoms with E-state index in [1.54, 1.807) is 0 Å². The average molecular weight is 327 g/mol. The van der Waals surface area contributed by atoms with Gasteiger partial charge in [0.2, 0.25) is 5.91 Å². The number of benzene rings is 1. The first-order chi connectivity index (χ1) is 11.7. The summed E-state index contributed by atoms with van der Waals surface area (Å²) in [4.78, 5) is 15.4. The largest absolute Gasteiger partial charge is 0.390 e. The van der Waals surface area contributed by atoms with Crippen LogP contribution in [0.25, 0.3) is 0 Å². The fourth-order valence-electron chi connectivity index (χ4n) is 4.94. The van der Waals surface area contributed by atoms with E-state index in [4.69, 9.17) is 0 Å². The molecule has 1 atom stereocenters. The normalized spacial score (nSPS) is 25.6. The molecule has 3 nitrogen and oxygen atoms in total. The number of rotatable bonds is 4. The van der Waals surface area contributed by atoms with Crippen LogP contribution in [-0.2, 0) is 4.79 Å². The second-order valence-corrected chi connectivity index (χ2v) is 8.14. The van der Waals surface area contributed by atoms with Crippen molar-refractivity contribution in [2.75, 3.05) is 13.1 Å². The summed E-state index contributed by atoms with van der Waals surface area (Å²) in [5.74, 6) is 1.28. The summed E-state index contributed by atoms with van der Waals surface area (Å²) in [7, 11) is 0. The Morgan fingerprint density at radius 1 is 1.04 bits per heavy atom. The standard InChI is InChI=1S/C21H29NO2/c23-20(22-14-10-18(11-15-22)21(24)12-13-21)19(17-8-4-5-9-17)16-6-2-1-3-7-16/h1-3,6-7,17-19,24H,4-5,8-15H2. The zero-order valence-corrected chi connectivity index (χ0v) is 14.5. The van der Waals surface area contributed by atoms with E-state index in [2.05, 4.69) is 29.2 Å². The maximum absolute atomic E-state index is 13.3. The van der Waals surface area contributed by atoms with Crippen LogP contribution in [0.5, 0.6) is 0 Å². The number of aliphatic hydroxyl groups is 1. The fourth-order valence-corrected chi connectivity index (χ4v) is 4.94. The lowest BCUT2D eigenvalue weighted by Gasteiger charge is -2.37. The highest BCUT2D eigenvalue weighted by Crippen LogP contribution is 2.47. The van der Waals surface area contributed by atoms with Crippen molar-refractivity contribution in [3.05, 3.63) is 35.9 Å². The molecule has 1 unspecified atom stereocenters. The van der Waals surface area contributed by atoms with E-state index in [1.165, 1.54) is 31.2 Å². The lowest BCUT2D eigenvalue weighted by Crippen LogP contribution is -2.44. The molecule has 1 N–H and O–H groups in total. The Labute approximate surface area is 145 Å². The molecule has 1 amide bonds. The summed E-state index contributed by atoms with van der Waals surface area (Å²) < 4.78 is 0. The average Bonchev–Trinajstić information content (AvgIpc) is 3.16. The van der Waals surface area contributed by atoms with Crippen LogP contribution in [0.2, 0.25) is 0 Å². The minimum Gasteiger partial charge on any atom is -0.390 e. The molecule has 0 spiro atoms. The number of amides is 1. The Bertz CT molecular complexity index is 567. The number of likely N-dealkylation sites (tertiary alicyclic amines) is 1. The first kappa shape index (κ1) is 16.1. The zero-order valence-electron chi connectivity index (χ0n) is 14.5. The molecule has 4 rings (SSSR count). The minimum absolute atomic E-state index is 0.0364. The van der Waals surface area contributed by atoms with Crippen molar-refractivity contribution < 1.29 is 9.90 Å². The van der Waals surface area contributed by atoms with Gasteiger partial charge in [-0.1, -0.05) is 43.2 Å². The first-order valence-electron chi connectivity index (χ1n) is 9.73. The molecular weight excluding hydrogens is 298 g/mol. The topological polar surface area (TPSA) is 40.5 Å². The van der Waals surface area contributed by atoms with E-state index in [1.807, 2.05) is 6.07 Å². The van der Waals surface area contributed by atoms with Crippen LogP contribution in [0, 0.1) is 11.8 Å². The van der Waals surface area contributed by atoms with Gasteiger partial charge in [0, 0.05) is 13.1 Å². The molecule has 1 aliphatic heterocycles. The second-order valence-electron chi connectivity index (χ2n) is 8.14. The lowest BCUT2D eigenvalue weighted by atomic mass is 9.82. The molecule has 3 aliphatic rings. The monoisotopic (exact) mass is 327 g/mol. The third kappa shape index (κ3) is 3.11. The Kier molecular flexibility index (Phi) is 4.38. The summed E-state index contributed by atoms with van der Waals surface area (Å²) in [6.45, 7) is 1.64. The van der Waals surface area contributed by atoms with Crippen molar-refractivity contribution in [3.8, 4) is 0 Å². The van der Waals surface area contributed by atoms with Crippen LogP contribution in [0.15, 0.2) is 30.3 Å². The molecule has 3 fully saturated rings. The van der Waals surface area contributed by atoms with E-state index >= 15 is 0 Å². The van der Waals surface area contributed by atoms with Crippen molar-refractivity contribution in [1.82, 2.24) is 4.90 Å². The van der Waals surface area contributed by atoms with E-state index in [0.29, 0.717) is 17.7 Å². The van der Waals surface area contributed by atoms with Gasteiger partial charge >= 0.3 is 0 Å². The van der Waals surface area contributed by atoms with Gasteiger partial charge in [0.1, 0.15) is 0 Å². The van der Waals surface area contributed by atoms with Gasteiger partial charge in [-0.3, -0.25) is 4.79 Å². The van der Waals surface area contributed by atoms with Crippen molar-refractivity contribution in [2.45, 2.75) is 62.9 Å². The molecule has 1 saturated heterocycles. The fraction of sp³-hybridized carbons (Fsp3) is 0.667. The van der Waals surface area contributed by atoms with Gasteiger partial charge < -0.3 is 10.0 Å². The Hall–Kier alpha value is -1.35. The lowest BCUT2D eigenvalue weighted by molar-refractivity contribution is -0.136. The highest BCUT2D eigenvalue weighted by Gasteiger charge is 2.48. The maximum Gasteiger partial charge on any atom is 0.230 e. The van der Waals surface area contributed by atoms with Crippen LogP contribution >= 0.6 is 0 Å². The van der Waals surface area contributed by atoms with Crippen molar-refractivity contribution in [1.29, 1.82) is 0 Å². The number of hydrogen-bond donors (Lipinski definition) is 1. The number of nitrogens with zero attached hydrogens (tertiary/aromatic N) is 1. The Balaban J connectivity index is 1.47. The Morgan fingerprint density at radius 3 is 2.25 bits per heavy atom. The van der Waals surface area contributed by atoms with Gasteiger partial charge in [0.05, 0.1) is 11.5 Å². The highest BCUT2D eigenvalue weighted by molar-refractivity contribution is 5.84. The van der Waals surface area contributed by atoms with Crippen molar-refractivity contribution in [2.24, 2.45) is 11.8 Å². The van der Waals surface area contributed by atoms with Gasteiger partial charge in [0.25, 0.3) is 0 Å². The summed E-state index contributed by atoms with van der Waals surface area (Å²) in [5.41, 5.74) is 0.803. The van der Waals surface area contributed by atoms with Crippen LogP contribution in [0.1, 0.15) is 62.8 Å². The molecule has 0 bridgehead atoms. The quantitative estimate of drug-likeness (QED) is 0.915. The van der Waals surface area contributed by atoms with Gasteiger partial charge in [-0.05, 0) is 55.9 Å². The van der Waals surface area contributed by atoms with Crippen LogP contribution in [-0.4, -0.2) is 34.6 Å². The summed E-state index contributed by atoms with van der Waals surface area (Å²) in [6.07, 6.45) is 8.74. The summed E-state index contributed by atoms with van der Waals surface area (Å²) in [5, 5.41) is 10.3. The second kappa shape index (κ2) is 6.51. The van der Waals surface area contributed by atoms with Crippen LogP contribution in [0.4, 0.5) is 0 Å². The summed E-state index contributed by atoms with van der Waals surface area (Å²) in [6, 6.07) is 10.4. The van der Waals surface area contributed by atoms with Gasteiger partial charge in [-0.2, -0.15) is 0 Å². The number of carbonyl (C=O) groups excluding carboxylic acids is 1. The van der Waals surface area contributed by atoms with E-state index in [0.717, 1.165) is 38.8 Å². The van der Waals surface area contributed by atoms with E-state index < -0.39 is 0 Å². The minimum atomic E-state index is -0.389. The number of carbonyl (C=O) groups is 1. The van der Waals surface area contributed by atoms with Crippen molar-refractivity contribution >= 4 is 5.91 Å². The molecule has 1 aromatic rings. The molecule has 1 heterocycles. The van der Waals surface area contributed by atoms with Gasteiger partial charge in [-0.15, -0.1) is 0 Å². The molecule has 2 aliphatic carbocycles. The SMILES string of the molecule is O=C(C(c1ccccc1)C1CCCC1)N1CCC(C2(O)CC2)CC1. The Morgan fingerprint density at radius 2 is 1.67 bits per heavy atom. The zero-order chi connectivity index (χ0) is 16.6. The smallest absolute Gasteiger partial charge is 0.230 e. The molecule has 0 radical (unpaired) electrons. The first-order valence-corrected chi connectivity index (χ1v) is 9.73. The molecule has 0 aromatic heterocycles. The maximum atomic E-state index is 13.3. The molecular formula is C21H29NO2. The number of piperidine rings is 1. The highest BCUT2D eigenvalue weighted by atomic mass is 16.3. The third-order valence-electron chi connectivity index (χ3n) is 6.62. The number of hydrogen-bond acceptors (Lipinski definition) is 2. The molecule has 1 aromatic carbocycles. The van der Waals surface area contributed by atoms with Gasteiger partial charge in [0.15, 0.2) is 0 Å². The molecule has 3 heteroatoms. The van der Waals surface area contributed by atoms with E-state index in [-0.39, 0.29) is 11.5 Å². The van der Waals surface area contributed by atoms with Crippen LogP contribution < -0.4 is 0 Å². The third-order valence-corrected chi connectivity index (χ3v) is 6.62. The molecule has 2 saturated carbocycles. The predicted molar refractivity (Wildman–Crippen MR) is 94.6 cm³/mol. The van der Waals surface area contributed by atoms with Gasteiger partial charge in [-0.25, -0.2) is 0 Å². The van der Waals surface area contributed by atoms with Crippen LogP contribution in [0.3, 0.4) is 0 Å².